The molecule has 0 spiro atoms. The molecule has 1 unspecified atom stereocenters. The summed E-state index contributed by atoms with van der Waals surface area (Å²) in [7, 11) is 0. The SMILES string of the molecule is CC(=O)Oc1ccc(N2C(=O)CC(Sc3nc4c(cc3C#N)CCCC4)C2=O)cc1. The number of anilines is 1. The quantitative estimate of drug-likeness (QED) is 0.425. The fourth-order valence-corrected chi connectivity index (χ4v) is 4.81. The van der Waals surface area contributed by atoms with Gasteiger partial charge in [0, 0.05) is 19.0 Å². The summed E-state index contributed by atoms with van der Waals surface area (Å²) in [4.78, 5) is 42.4. The first-order valence-corrected chi connectivity index (χ1v) is 10.6. The maximum atomic E-state index is 13.0. The smallest absolute Gasteiger partial charge is 0.308 e. The molecule has 1 aromatic carbocycles. The number of imide groups is 1. The van der Waals surface area contributed by atoms with Gasteiger partial charge in [0.05, 0.1) is 16.5 Å². The van der Waals surface area contributed by atoms with E-state index in [0.29, 0.717) is 22.0 Å². The number of thioether (sulfide) groups is 1. The number of amides is 2. The number of hydrogen-bond donors (Lipinski definition) is 0. The summed E-state index contributed by atoms with van der Waals surface area (Å²) in [6.07, 6.45) is 3.98. The lowest BCUT2D eigenvalue weighted by molar-refractivity contribution is -0.132. The highest BCUT2D eigenvalue weighted by Crippen LogP contribution is 2.36. The summed E-state index contributed by atoms with van der Waals surface area (Å²) in [6.45, 7) is 1.30. The summed E-state index contributed by atoms with van der Waals surface area (Å²) in [5.41, 5.74) is 2.95. The molecular formula is C22H19N3O4S. The van der Waals surface area contributed by atoms with E-state index in [0.717, 1.165) is 41.8 Å². The van der Waals surface area contributed by atoms with Gasteiger partial charge in [0.2, 0.25) is 11.8 Å². The van der Waals surface area contributed by atoms with Gasteiger partial charge in [-0.15, -0.1) is 0 Å². The Balaban J connectivity index is 1.55. The molecule has 1 aliphatic carbocycles. The van der Waals surface area contributed by atoms with Crippen molar-refractivity contribution >= 4 is 35.2 Å². The van der Waals surface area contributed by atoms with Crippen LogP contribution in [0.5, 0.6) is 5.75 Å². The second kappa shape index (κ2) is 8.28. The third kappa shape index (κ3) is 3.94. The average molecular weight is 421 g/mol. The number of aromatic nitrogens is 1. The number of carbonyl (C=O) groups is 3. The highest BCUT2D eigenvalue weighted by Gasteiger charge is 2.41. The van der Waals surface area contributed by atoms with Crippen LogP contribution in [-0.4, -0.2) is 28.0 Å². The van der Waals surface area contributed by atoms with Crippen molar-refractivity contribution in [2.45, 2.75) is 49.3 Å². The number of nitrogens with zero attached hydrogens (tertiary/aromatic N) is 3. The van der Waals surface area contributed by atoms with E-state index < -0.39 is 11.2 Å². The van der Waals surface area contributed by atoms with E-state index in [2.05, 4.69) is 11.1 Å². The third-order valence-corrected chi connectivity index (χ3v) is 6.29. The van der Waals surface area contributed by atoms with Gasteiger partial charge in [-0.2, -0.15) is 5.26 Å². The molecule has 1 aromatic heterocycles. The second-order valence-electron chi connectivity index (χ2n) is 7.23. The van der Waals surface area contributed by atoms with Crippen molar-refractivity contribution in [1.82, 2.24) is 4.98 Å². The predicted octanol–water partition coefficient (Wildman–Crippen LogP) is 3.18. The minimum Gasteiger partial charge on any atom is -0.427 e. The Morgan fingerprint density at radius 3 is 2.67 bits per heavy atom. The molecule has 1 atom stereocenters. The van der Waals surface area contributed by atoms with E-state index >= 15 is 0 Å². The normalized spacial score (nSPS) is 18.1. The number of esters is 1. The Bertz CT molecular complexity index is 1080. The van der Waals surface area contributed by atoms with Gasteiger partial charge >= 0.3 is 5.97 Å². The summed E-state index contributed by atoms with van der Waals surface area (Å²) in [5.74, 6) is -0.755. The maximum absolute atomic E-state index is 13.0. The van der Waals surface area contributed by atoms with Gasteiger partial charge in [-0.05, 0) is 61.6 Å². The van der Waals surface area contributed by atoms with E-state index in [1.54, 1.807) is 12.1 Å². The molecule has 30 heavy (non-hydrogen) atoms. The molecule has 0 N–H and O–H groups in total. The number of ether oxygens (including phenoxy) is 1. The molecule has 1 aliphatic heterocycles. The molecule has 7 nitrogen and oxygen atoms in total. The molecule has 2 aromatic rings. The monoisotopic (exact) mass is 421 g/mol. The fraction of sp³-hybridized carbons (Fsp3) is 0.318. The summed E-state index contributed by atoms with van der Waals surface area (Å²) >= 11 is 1.18. The fourth-order valence-electron chi connectivity index (χ4n) is 3.72. The molecule has 4 rings (SSSR count). The van der Waals surface area contributed by atoms with Gasteiger partial charge < -0.3 is 4.74 Å². The Hall–Kier alpha value is -3.18. The van der Waals surface area contributed by atoms with E-state index in [9.17, 15) is 19.6 Å². The Morgan fingerprint density at radius 1 is 1.23 bits per heavy atom. The van der Waals surface area contributed by atoms with Crippen LogP contribution in [0.4, 0.5) is 5.69 Å². The second-order valence-corrected chi connectivity index (χ2v) is 8.42. The first-order valence-electron chi connectivity index (χ1n) is 9.71. The number of fused-ring (bicyclic) bond motifs is 1. The molecule has 2 aliphatic rings. The van der Waals surface area contributed by atoms with Crippen LogP contribution < -0.4 is 9.64 Å². The zero-order chi connectivity index (χ0) is 21.3. The number of pyridine rings is 1. The summed E-state index contributed by atoms with van der Waals surface area (Å²) in [6, 6.07) is 10.3. The van der Waals surface area contributed by atoms with Gasteiger partial charge in [-0.3, -0.25) is 14.4 Å². The minimum atomic E-state index is -0.633. The largest absolute Gasteiger partial charge is 0.427 e. The molecule has 8 heteroatoms. The number of hydrogen-bond acceptors (Lipinski definition) is 7. The molecule has 152 valence electrons. The van der Waals surface area contributed by atoms with Crippen LogP contribution in [0.15, 0.2) is 35.4 Å². The highest BCUT2D eigenvalue weighted by atomic mass is 32.2. The lowest BCUT2D eigenvalue weighted by Gasteiger charge is -2.18. The number of rotatable bonds is 4. The van der Waals surface area contributed by atoms with Gasteiger partial charge in [0.25, 0.3) is 0 Å². The van der Waals surface area contributed by atoms with E-state index in [-0.39, 0.29) is 18.2 Å². The van der Waals surface area contributed by atoms with Crippen molar-refractivity contribution in [3.05, 3.63) is 47.2 Å². The van der Waals surface area contributed by atoms with Crippen molar-refractivity contribution in [2.24, 2.45) is 0 Å². The van der Waals surface area contributed by atoms with Gasteiger partial charge in [-0.1, -0.05) is 11.8 Å². The number of carbonyl (C=O) groups excluding carboxylic acids is 3. The molecule has 0 saturated carbocycles. The number of aryl methyl sites for hydroxylation is 2. The van der Waals surface area contributed by atoms with Crippen LogP contribution in [0.3, 0.4) is 0 Å². The van der Waals surface area contributed by atoms with Crippen LogP contribution in [0.2, 0.25) is 0 Å². The van der Waals surface area contributed by atoms with E-state index in [4.69, 9.17) is 4.74 Å². The lowest BCUT2D eigenvalue weighted by Crippen LogP contribution is -2.31. The third-order valence-electron chi connectivity index (χ3n) is 5.10. The van der Waals surface area contributed by atoms with Crippen molar-refractivity contribution < 1.29 is 19.1 Å². The Kier molecular flexibility index (Phi) is 5.55. The molecule has 1 fully saturated rings. The molecular weight excluding hydrogens is 402 g/mol. The zero-order valence-electron chi connectivity index (χ0n) is 16.4. The molecule has 1 saturated heterocycles. The van der Waals surface area contributed by atoms with Crippen molar-refractivity contribution in [3.8, 4) is 11.8 Å². The van der Waals surface area contributed by atoms with Crippen LogP contribution in [-0.2, 0) is 27.2 Å². The van der Waals surface area contributed by atoms with Gasteiger partial charge in [0.15, 0.2) is 0 Å². The molecule has 2 heterocycles. The number of benzene rings is 1. The van der Waals surface area contributed by atoms with Crippen LogP contribution in [0.25, 0.3) is 0 Å². The van der Waals surface area contributed by atoms with Gasteiger partial charge in [0.1, 0.15) is 16.8 Å². The van der Waals surface area contributed by atoms with Crippen LogP contribution in [0, 0.1) is 11.3 Å². The Labute approximate surface area is 178 Å². The Morgan fingerprint density at radius 2 is 1.97 bits per heavy atom. The average Bonchev–Trinajstić information content (AvgIpc) is 3.00. The molecule has 0 radical (unpaired) electrons. The molecule has 2 amide bonds. The first-order chi connectivity index (χ1) is 14.5. The topological polar surface area (TPSA) is 100 Å². The minimum absolute atomic E-state index is 0.0405. The summed E-state index contributed by atoms with van der Waals surface area (Å²) in [5, 5.41) is 9.41. The van der Waals surface area contributed by atoms with Gasteiger partial charge in [-0.25, -0.2) is 9.88 Å². The van der Waals surface area contributed by atoms with Crippen molar-refractivity contribution in [3.63, 3.8) is 0 Å². The highest BCUT2D eigenvalue weighted by molar-refractivity contribution is 8.00. The molecule has 0 bridgehead atoms. The van der Waals surface area contributed by atoms with Crippen LogP contribution in [0.1, 0.15) is 43.0 Å². The van der Waals surface area contributed by atoms with Crippen LogP contribution >= 0.6 is 11.8 Å². The first kappa shape index (κ1) is 20.1. The van der Waals surface area contributed by atoms with E-state index in [1.807, 2.05) is 6.07 Å². The van der Waals surface area contributed by atoms with Crippen molar-refractivity contribution in [2.75, 3.05) is 4.90 Å². The van der Waals surface area contributed by atoms with E-state index in [1.165, 1.54) is 30.8 Å². The number of nitriles is 1. The standard InChI is InChI=1S/C22H19N3O4S/c1-13(26)29-17-8-6-16(7-9-17)25-20(27)11-19(22(25)28)30-21-15(12-23)10-14-4-2-3-5-18(14)24-21/h6-10,19H,2-5,11H2,1H3. The zero-order valence-corrected chi connectivity index (χ0v) is 17.2. The maximum Gasteiger partial charge on any atom is 0.308 e. The summed E-state index contributed by atoms with van der Waals surface area (Å²) < 4.78 is 4.99. The van der Waals surface area contributed by atoms with Crippen molar-refractivity contribution in [1.29, 1.82) is 5.26 Å². The lowest BCUT2D eigenvalue weighted by atomic mass is 9.95. The predicted molar refractivity (Wildman–Crippen MR) is 110 cm³/mol.